The number of hydrogen-bond acceptors (Lipinski definition) is 3. The van der Waals surface area contributed by atoms with Crippen molar-refractivity contribution in [1.82, 2.24) is 10.3 Å². The summed E-state index contributed by atoms with van der Waals surface area (Å²) in [6.07, 6.45) is 3.05. The smallest absolute Gasteiger partial charge is 0.164 e. The van der Waals surface area contributed by atoms with E-state index in [-0.39, 0.29) is 21.7 Å². The highest BCUT2D eigenvalue weighted by Crippen LogP contribution is 2.37. The van der Waals surface area contributed by atoms with Gasteiger partial charge < -0.3 is 10.1 Å². The molecule has 23 heavy (non-hydrogen) atoms. The van der Waals surface area contributed by atoms with Crippen molar-refractivity contribution in [3.05, 3.63) is 57.8 Å². The highest BCUT2D eigenvalue weighted by molar-refractivity contribution is 6.35. The van der Waals surface area contributed by atoms with Crippen LogP contribution in [0.5, 0.6) is 5.75 Å². The molecule has 2 unspecified atom stereocenters. The van der Waals surface area contributed by atoms with Crippen LogP contribution < -0.4 is 10.1 Å². The molecule has 1 fully saturated rings. The Morgan fingerprint density at radius 1 is 1.26 bits per heavy atom. The van der Waals surface area contributed by atoms with Crippen molar-refractivity contribution in [2.24, 2.45) is 5.92 Å². The van der Waals surface area contributed by atoms with Crippen LogP contribution in [0.15, 0.2) is 30.6 Å². The van der Waals surface area contributed by atoms with Crippen LogP contribution in [0.2, 0.25) is 10.0 Å². The van der Waals surface area contributed by atoms with Gasteiger partial charge in [-0.25, -0.2) is 8.78 Å². The zero-order chi connectivity index (χ0) is 16.4. The average Bonchev–Trinajstić information content (AvgIpc) is 3.06. The summed E-state index contributed by atoms with van der Waals surface area (Å²) in [6.45, 7) is 1.56. The first-order valence-corrected chi connectivity index (χ1v) is 7.93. The Morgan fingerprint density at radius 2 is 2.09 bits per heavy atom. The van der Waals surface area contributed by atoms with Gasteiger partial charge in [-0.1, -0.05) is 23.2 Å². The molecule has 0 bridgehead atoms. The summed E-state index contributed by atoms with van der Waals surface area (Å²) < 4.78 is 33.3. The molecule has 0 saturated carbocycles. The van der Waals surface area contributed by atoms with Crippen LogP contribution in [0.1, 0.15) is 18.1 Å². The Labute approximate surface area is 142 Å². The van der Waals surface area contributed by atoms with E-state index in [4.69, 9.17) is 27.9 Å². The minimum absolute atomic E-state index is 0.0751. The molecule has 1 N–H and O–H groups in total. The summed E-state index contributed by atoms with van der Waals surface area (Å²) in [6, 6.07) is 4.26. The quantitative estimate of drug-likeness (QED) is 0.822. The maximum Gasteiger partial charge on any atom is 0.164 e. The Morgan fingerprint density at radius 3 is 2.78 bits per heavy atom. The number of nitrogens with one attached hydrogen (secondary N) is 1. The van der Waals surface area contributed by atoms with Crippen molar-refractivity contribution in [2.75, 3.05) is 13.1 Å². The van der Waals surface area contributed by atoms with Crippen LogP contribution >= 0.6 is 23.2 Å². The monoisotopic (exact) mass is 358 g/mol. The molecule has 7 heteroatoms. The first-order valence-electron chi connectivity index (χ1n) is 7.17. The van der Waals surface area contributed by atoms with Crippen LogP contribution in [0, 0.1) is 17.6 Å². The standard InChI is InChI=1S/C16H14Cl2F2N2O/c17-12-1-2-13(14(18)15(12)20)23-16(9-3-4-21-6-9)10-5-11(19)8-22-7-10/h1-2,5,7-9,16,21H,3-4,6H2. The van der Waals surface area contributed by atoms with Gasteiger partial charge in [0, 0.05) is 24.2 Å². The van der Waals surface area contributed by atoms with Gasteiger partial charge in [-0.15, -0.1) is 0 Å². The van der Waals surface area contributed by atoms with Gasteiger partial charge in [-0.3, -0.25) is 4.98 Å². The molecule has 1 aromatic carbocycles. The lowest BCUT2D eigenvalue weighted by Crippen LogP contribution is -2.22. The molecular weight excluding hydrogens is 345 g/mol. The number of nitrogens with zero attached hydrogens (tertiary/aromatic N) is 1. The van der Waals surface area contributed by atoms with Crippen molar-refractivity contribution in [3.8, 4) is 5.75 Å². The van der Waals surface area contributed by atoms with E-state index in [2.05, 4.69) is 10.3 Å². The van der Waals surface area contributed by atoms with E-state index in [0.29, 0.717) is 5.56 Å². The summed E-state index contributed by atoms with van der Waals surface area (Å²) in [5.74, 6) is -0.898. The summed E-state index contributed by atoms with van der Waals surface area (Å²) in [5.41, 5.74) is 0.588. The summed E-state index contributed by atoms with van der Waals surface area (Å²) in [5, 5.41) is 2.98. The number of halogens is 4. The molecule has 1 aliphatic rings. The third-order valence-electron chi connectivity index (χ3n) is 3.83. The fourth-order valence-electron chi connectivity index (χ4n) is 2.69. The lowest BCUT2D eigenvalue weighted by molar-refractivity contribution is 0.143. The van der Waals surface area contributed by atoms with E-state index in [0.717, 1.165) is 25.7 Å². The molecule has 0 radical (unpaired) electrons. The van der Waals surface area contributed by atoms with Gasteiger partial charge in [0.25, 0.3) is 0 Å². The van der Waals surface area contributed by atoms with E-state index in [1.54, 1.807) is 6.20 Å². The number of pyridine rings is 1. The Kier molecular flexibility index (Phi) is 4.99. The number of ether oxygens (including phenoxy) is 1. The second-order valence-electron chi connectivity index (χ2n) is 5.40. The minimum Gasteiger partial charge on any atom is -0.484 e. The molecule has 2 heterocycles. The average molecular weight is 359 g/mol. The number of rotatable bonds is 4. The van der Waals surface area contributed by atoms with Gasteiger partial charge in [0.1, 0.15) is 22.7 Å². The predicted octanol–water partition coefficient (Wildman–Crippen LogP) is 4.40. The van der Waals surface area contributed by atoms with Crippen molar-refractivity contribution >= 4 is 23.2 Å². The summed E-state index contributed by atoms with van der Waals surface area (Å²) in [7, 11) is 0. The van der Waals surface area contributed by atoms with Crippen LogP contribution in [0.3, 0.4) is 0 Å². The van der Waals surface area contributed by atoms with Crippen LogP contribution in [-0.2, 0) is 0 Å². The highest BCUT2D eigenvalue weighted by Gasteiger charge is 2.29. The predicted molar refractivity (Wildman–Crippen MR) is 85.0 cm³/mol. The van der Waals surface area contributed by atoms with Gasteiger partial charge in [-0.2, -0.15) is 0 Å². The second-order valence-corrected chi connectivity index (χ2v) is 6.19. The first-order chi connectivity index (χ1) is 11.1. The zero-order valence-corrected chi connectivity index (χ0v) is 13.5. The molecule has 1 aromatic heterocycles. The Bertz CT molecular complexity index is 708. The molecule has 2 aromatic rings. The number of aromatic nitrogens is 1. The van der Waals surface area contributed by atoms with E-state index in [9.17, 15) is 8.78 Å². The minimum atomic E-state index is -0.730. The molecule has 3 nitrogen and oxygen atoms in total. The van der Waals surface area contributed by atoms with E-state index in [1.807, 2.05) is 0 Å². The molecule has 0 aliphatic carbocycles. The van der Waals surface area contributed by atoms with Crippen molar-refractivity contribution in [1.29, 1.82) is 0 Å². The normalized spacial score (nSPS) is 18.9. The van der Waals surface area contributed by atoms with Gasteiger partial charge >= 0.3 is 0 Å². The van der Waals surface area contributed by atoms with Gasteiger partial charge in [0.05, 0.1) is 11.2 Å². The molecule has 1 saturated heterocycles. The largest absolute Gasteiger partial charge is 0.484 e. The third-order valence-corrected chi connectivity index (χ3v) is 4.48. The fraction of sp³-hybridized carbons (Fsp3) is 0.312. The summed E-state index contributed by atoms with van der Waals surface area (Å²) >= 11 is 11.7. The van der Waals surface area contributed by atoms with Crippen molar-refractivity contribution in [3.63, 3.8) is 0 Å². The van der Waals surface area contributed by atoms with Crippen molar-refractivity contribution in [2.45, 2.75) is 12.5 Å². The van der Waals surface area contributed by atoms with Gasteiger partial charge in [0.2, 0.25) is 0 Å². The fourth-order valence-corrected chi connectivity index (χ4v) is 3.11. The lowest BCUT2D eigenvalue weighted by atomic mass is 9.96. The maximum absolute atomic E-state index is 13.9. The molecule has 3 rings (SSSR count). The first kappa shape index (κ1) is 16.4. The molecular formula is C16H14Cl2F2N2O. The number of hydrogen-bond donors (Lipinski definition) is 1. The lowest BCUT2D eigenvalue weighted by Gasteiger charge is -2.25. The van der Waals surface area contributed by atoms with E-state index < -0.39 is 17.7 Å². The SMILES string of the molecule is Fc1cncc(C(Oc2ccc(Cl)c(F)c2Cl)C2CCNC2)c1. The van der Waals surface area contributed by atoms with Crippen molar-refractivity contribution < 1.29 is 13.5 Å². The second kappa shape index (κ2) is 6.99. The van der Waals surface area contributed by atoms with E-state index in [1.165, 1.54) is 18.2 Å². The molecule has 1 aliphatic heterocycles. The number of benzene rings is 1. The highest BCUT2D eigenvalue weighted by atomic mass is 35.5. The maximum atomic E-state index is 13.9. The Hall–Kier alpha value is -1.43. The Balaban J connectivity index is 1.94. The van der Waals surface area contributed by atoms with Crippen LogP contribution in [-0.4, -0.2) is 18.1 Å². The van der Waals surface area contributed by atoms with Crippen LogP contribution in [0.4, 0.5) is 8.78 Å². The van der Waals surface area contributed by atoms with Crippen LogP contribution in [0.25, 0.3) is 0 Å². The molecule has 122 valence electrons. The van der Waals surface area contributed by atoms with Gasteiger partial charge in [0.15, 0.2) is 5.82 Å². The van der Waals surface area contributed by atoms with E-state index >= 15 is 0 Å². The zero-order valence-electron chi connectivity index (χ0n) is 12.0. The molecule has 0 amide bonds. The topological polar surface area (TPSA) is 34.1 Å². The third kappa shape index (κ3) is 3.57. The van der Waals surface area contributed by atoms with Gasteiger partial charge in [-0.05, 0) is 31.2 Å². The summed E-state index contributed by atoms with van der Waals surface area (Å²) in [4.78, 5) is 3.87. The molecule has 0 spiro atoms. The molecule has 2 atom stereocenters.